The molecule has 0 bridgehead atoms. The van der Waals surface area contributed by atoms with Crippen molar-refractivity contribution in [1.29, 1.82) is 0 Å². The zero-order valence-corrected chi connectivity index (χ0v) is 49.7. The third-order valence-electron chi connectivity index (χ3n) is 14.8. The Morgan fingerprint density at radius 3 is 2.09 bits per heavy atom. The van der Waals surface area contributed by atoms with Gasteiger partial charge in [0.05, 0.1) is 59.7 Å². The van der Waals surface area contributed by atoms with E-state index in [2.05, 4.69) is 30.4 Å². The fourth-order valence-corrected chi connectivity index (χ4v) is 11.6. The summed E-state index contributed by atoms with van der Waals surface area (Å²) in [7, 11) is -4.48. The quantitative estimate of drug-likeness (QED) is 0.0840. The third kappa shape index (κ3) is 16.2. The Morgan fingerprint density at radius 2 is 1.49 bits per heavy atom. The van der Waals surface area contributed by atoms with Gasteiger partial charge in [0.15, 0.2) is 11.3 Å². The van der Waals surface area contributed by atoms with E-state index in [0.29, 0.717) is 95.7 Å². The van der Waals surface area contributed by atoms with Crippen molar-refractivity contribution in [1.82, 2.24) is 40.0 Å². The molecular formula is C56H76Cl2N8O14S. The second-order valence-electron chi connectivity index (χ2n) is 23.5. The van der Waals surface area contributed by atoms with Crippen molar-refractivity contribution in [2.24, 2.45) is 11.3 Å². The number of H-pyrrole nitrogens is 1. The highest BCUT2D eigenvalue weighted by Crippen LogP contribution is 2.47. The molecule has 4 amide bonds. The number of halogens is 2. The minimum atomic E-state index is -4.48. The number of nitrogens with one attached hydrogen (secondary N) is 4. The van der Waals surface area contributed by atoms with Gasteiger partial charge in [-0.05, 0) is 82.6 Å². The first-order chi connectivity index (χ1) is 38.2. The Labute approximate surface area is 482 Å². The molecule has 4 aromatic rings. The SMILES string of the molecule is CC[C@@H]1C[C@]1(NC(=O)[C@@H]1C[C@@H](Oc2cc(OCCN3CCOCC3)nc3c(Cl)cccc23)CN1C(=O)[C@@H](NC(=O)OC(C)(C)C)C(C)(C)C)C(=O)NS(=O)(=O)OC1(C)CC1.O=c1cc(OCCN2CCOCC2)[nH]c2c(Cl)cccc12. The monoisotopic (exact) mass is 1190 g/mol. The number of rotatable bonds is 19. The lowest BCUT2D eigenvalue weighted by Gasteiger charge is -2.36. The predicted molar refractivity (Wildman–Crippen MR) is 304 cm³/mol. The normalized spacial score (nSPS) is 22.4. The van der Waals surface area contributed by atoms with Crippen molar-refractivity contribution in [2.75, 3.05) is 85.5 Å². The second kappa shape index (κ2) is 25.5. The van der Waals surface area contributed by atoms with Crippen LogP contribution in [0.15, 0.2) is 53.3 Å². The van der Waals surface area contributed by atoms with E-state index in [4.69, 9.17) is 55.8 Å². The Balaban J connectivity index is 0.000000340. The summed E-state index contributed by atoms with van der Waals surface area (Å²) in [5, 5.41) is 7.59. The van der Waals surface area contributed by atoms with E-state index in [1.165, 1.54) is 11.0 Å². The fourth-order valence-electron chi connectivity index (χ4n) is 9.99. The van der Waals surface area contributed by atoms with Crippen molar-refractivity contribution in [3.05, 3.63) is 68.8 Å². The van der Waals surface area contributed by atoms with Gasteiger partial charge in [-0.15, -0.1) is 0 Å². The van der Waals surface area contributed by atoms with Crippen molar-refractivity contribution >= 4 is 79.1 Å². The zero-order valence-electron chi connectivity index (χ0n) is 47.3. The van der Waals surface area contributed by atoms with Crippen LogP contribution in [-0.4, -0.2) is 177 Å². The van der Waals surface area contributed by atoms with Gasteiger partial charge in [-0.3, -0.25) is 29.0 Å². The molecule has 5 fully saturated rings. The Kier molecular flexibility index (Phi) is 19.4. The molecule has 3 aliphatic heterocycles. The average molecular weight is 1190 g/mol. The molecule has 0 unspecified atom stereocenters. The van der Waals surface area contributed by atoms with Gasteiger partial charge in [0.2, 0.25) is 17.7 Å². The topological polar surface area (TPSA) is 259 Å². The fraction of sp³-hybridized carbons (Fsp3) is 0.607. The molecule has 2 saturated carbocycles. The molecule has 9 rings (SSSR count). The number of nitrogens with zero attached hydrogens (tertiary/aromatic N) is 4. The number of carbonyl (C=O) groups is 4. The summed E-state index contributed by atoms with van der Waals surface area (Å²) >= 11 is 12.7. The number of aromatic amines is 1. The number of likely N-dealkylation sites (tertiary alicyclic amines) is 1. The van der Waals surface area contributed by atoms with Crippen LogP contribution < -0.4 is 35.0 Å². The molecule has 444 valence electrons. The van der Waals surface area contributed by atoms with Gasteiger partial charge in [-0.25, -0.2) is 18.7 Å². The van der Waals surface area contributed by atoms with Crippen LogP contribution in [0.5, 0.6) is 17.5 Å². The molecule has 5 aliphatic rings. The lowest BCUT2D eigenvalue weighted by atomic mass is 9.85. The molecule has 2 aromatic carbocycles. The van der Waals surface area contributed by atoms with Gasteiger partial charge in [0.1, 0.15) is 48.3 Å². The second-order valence-corrected chi connectivity index (χ2v) is 25.6. The molecule has 5 heterocycles. The van der Waals surface area contributed by atoms with Crippen LogP contribution in [0.1, 0.15) is 87.5 Å². The van der Waals surface area contributed by atoms with Gasteiger partial charge in [0, 0.05) is 68.6 Å². The summed E-state index contributed by atoms with van der Waals surface area (Å²) in [5.74, 6) is -1.48. The summed E-state index contributed by atoms with van der Waals surface area (Å²) < 4.78 is 67.6. The van der Waals surface area contributed by atoms with Crippen molar-refractivity contribution in [3.8, 4) is 17.5 Å². The number of benzene rings is 2. The van der Waals surface area contributed by atoms with E-state index in [1.54, 1.807) is 90.9 Å². The lowest BCUT2D eigenvalue weighted by molar-refractivity contribution is -0.143. The summed E-state index contributed by atoms with van der Waals surface area (Å²) in [4.78, 5) is 81.7. The standard InChI is InChI=1S/C41H59ClN6O11S.C15H17ClN2O3/c1-9-25-23-41(25,36(51)46-60(53,54)59-40(8)13-14-40)45-34(49)29-21-26(24-48(29)35(50)33(38(2,3)4)44-37(52)58-39(5,6)7)57-30-22-31(43-32-27(30)11-10-12-28(32)42)56-20-17-47-15-18-55-19-16-47;16-12-3-1-2-11-13(19)10-14(17-15(11)12)21-9-6-18-4-7-20-8-5-18/h10-12,22,25-26,29,33H,9,13-21,23-24H2,1-8H3,(H,44,52)(H,45,49)(H,46,51);1-3,10H,4-9H2,(H,17,19)/t25-,26-,29+,33-,41-;/m1./s1. The predicted octanol–water partition coefficient (Wildman–Crippen LogP) is 5.99. The smallest absolute Gasteiger partial charge is 0.408 e. The molecule has 3 saturated heterocycles. The van der Waals surface area contributed by atoms with Crippen LogP contribution in [0.3, 0.4) is 0 Å². The lowest BCUT2D eigenvalue weighted by Crippen LogP contribution is -2.60. The van der Waals surface area contributed by atoms with E-state index >= 15 is 0 Å². The van der Waals surface area contributed by atoms with Gasteiger partial charge in [-0.2, -0.15) is 8.42 Å². The summed E-state index contributed by atoms with van der Waals surface area (Å²) in [6.45, 7) is 22.4. The molecular weight excluding hydrogens is 1110 g/mol. The Bertz CT molecular complexity index is 3100. The number of amides is 4. The molecule has 25 heteroatoms. The molecule has 5 atom stereocenters. The number of carbonyl (C=O) groups excluding carboxylic acids is 4. The molecule has 81 heavy (non-hydrogen) atoms. The number of para-hydroxylation sites is 2. The minimum Gasteiger partial charge on any atom is -0.488 e. The number of hydrogen-bond donors (Lipinski definition) is 4. The van der Waals surface area contributed by atoms with E-state index in [9.17, 15) is 32.4 Å². The Hall–Kier alpha value is -5.53. The largest absolute Gasteiger partial charge is 0.488 e. The molecule has 4 N–H and O–H groups in total. The maximum atomic E-state index is 14.7. The first-order valence-electron chi connectivity index (χ1n) is 27.6. The maximum absolute atomic E-state index is 14.7. The number of ether oxygens (including phenoxy) is 6. The number of hydrogen-bond acceptors (Lipinski definition) is 17. The van der Waals surface area contributed by atoms with Gasteiger partial charge in [0.25, 0.3) is 5.91 Å². The molecule has 2 aliphatic carbocycles. The van der Waals surface area contributed by atoms with Crippen LogP contribution in [-0.2, 0) is 43.1 Å². The summed E-state index contributed by atoms with van der Waals surface area (Å²) in [6, 6.07) is 11.3. The number of pyridine rings is 2. The highest BCUT2D eigenvalue weighted by Gasteiger charge is 2.62. The third-order valence-corrected chi connectivity index (χ3v) is 16.5. The van der Waals surface area contributed by atoms with Crippen LogP contribution in [0, 0.1) is 11.3 Å². The summed E-state index contributed by atoms with van der Waals surface area (Å²) in [5.41, 5.74) is -3.18. The first-order valence-corrected chi connectivity index (χ1v) is 29.7. The van der Waals surface area contributed by atoms with Crippen molar-refractivity contribution in [3.63, 3.8) is 0 Å². The van der Waals surface area contributed by atoms with Crippen molar-refractivity contribution < 1.29 is 60.2 Å². The van der Waals surface area contributed by atoms with E-state index in [0.717, 1.165) is 45.9 Å². The van der Waals surface area contributed by atoms with Crippen molar-refractivity contribution in [2.45, 2.75) is 122 Å². The first kappa shape index (κ1) is 61.5. The Morgan fingerprint density at radius 1 is 0.877 bits per heavy atom. The van der Waals surface area contributed by atoms with Gasteiger partial charge in [-0.1, -0.05) is 69.5 Å². The molecule has 22 nitrogen and oxygen atoms in total. The number of fused-ring (bicyclic) bond motifs is 2. The van der Waals surface area contributed by atoms with Gasteiger partial charge >= 0.3 is 16.4 Å². The maximum Gasteiger partial charge on any atom is 0.408 e. The highest BCUT2D eigenvalue weighted by molar-refractivity contribution is 7.85. The number of alkyl carbamates (subject to hydrolysis) is 1. The number of morpholine rings is 2. The van der Waals surface area contributed by atoms with Crippen LogP contribution >= 0.6 is 23.2 Å². The van der Waals surface area contributed by atoms with Crippen LogP contribution in [0.4, 0.5) is 4.79 Å². The van der Waals surface area contributed by atoms with E-state index < -0.39 is 74.5 Å². The van der Waals surface area contributed by atoms with E-state index in [-0.39, 0.29) is 36.6 Å². The van der Waals surface area contributed by atoms with Crippen LogP contribution in [0.25, 0.3) is 21.8 Å². The van der Waals surface area contributed by atoms with Crippen LogP contribution in [0.2, 0.25) is 10.0 Å². The van der Waals surface area contributed by atoms with Gasteiger partial charge < -0.3 is 48.9 Å². The molecule has 2 aromatic heterocycles. The minimum absolute atomic E-state index is 0.0211. The summed E-state index contributed by atoms with van der Waals surface area (Å²) in [6.07, 6.45) is 0.0840. The zero-order chi connectivity index (χ0) is 58.5. The van der Waals surface area contributed by atoms with E-state index in [1.807, 2.05) is 11.6 Å². The molecule has 0 spiro atoms. The molecule has 0 radical (unpaired) electrons. The number of aromatic nitrogens is 2. The average Bonchev–Trinajstić information content (AvgIpc) is 4.44. The highest BCUT2D eigenvalue weighted by atomic mass is 35.5.